The van der Waals surface area contributed by atoms with E-state index in [2.05, 4.69) is 5.32 Å². The van der Waals surface area contributed by atoms with E-state index in [1.165, 1.54) is 0 Å². The van der Waals surface area contributed by atoms with Crippen LogP contribution in [0.4, 0.5) is 11.4 Å². The Kier molecular flexibility index (Phi) is 5.78. The molecular weight excluding hydrogens is 250 g/mol. The molecule has 0 atom stereocenters. The molecule has 0 saturated heterocycles. The molecule has 0 aromatic heterocycles. The third kappa shape index (κ3) is 4.11. The van der Waals surface area contributed by atoms with Crippen molar-refractivity contribution in [2.45, 2.75) is 20.3 Å². The SMILES string of the molecule is CCN(CC)C(=O)CCNc1ccc(Cl)cc1N. The Morgan fingerprint density at radius 2 is 2.06 bits per heavy atom. The monoisotopic (exact) mass is 269 g/mol. The van der Waals surface area contributed by atoms with Gasteiger partial charge in [0.2, 0.25) is 5.91 Å². The van der Waals surface area contributed by atoms with E-state index in [1.807, 2.05) is 24.8 Å². The lowest BCUT2D eigenvalue weighted by Gasteiger charge is -2.19. The molecule has 100 valence electrons. The maximum atomic E-state index is 11.8. The summed E-state index contributed by atoms with van der Waals surface area (Å²) in [5.74, 6) is 0.153. The van der Waals surface area contributed by atoms with Gasteiger partial charge in [0.15, 0.2) is 0 Å². The van der Waals surface area contributed by atoms with Gasteiger partial charge in [-0.2, -0.15) is 0 Å². The molecule has 18 heavy (non-hydrogen) atoms. The minimum Gasteiger partial charge on any atom is -0.397 e. The number of rotatable bonds is 6. The molecule has 3 N–H and O–H groups in total. The Labute approximate surface area is 113 Å². The third-order valence-corrected chi connectivity index (χ3v) is 3.02. The van der Waals surface area contributed by atoms with Crippen molar-refractivity contribution in [2.24, 2.45) is 0 Å². The number of amides is 1. The molecule has 4 nitrogen and oxygen atoms in total. The lowest BCUT2D eigenvalue weighted by molar-refractivity contribution is -0.130. The summed E-state index contributed by atoms with van der Waals surface area (Å²) in [7, 11) is 0. The first-order chi connectivity index (χ1) is 8.58. The first-order valence-corrected chi connectivity index (χ1v) is 6.53. The number of benzene rings is 1. The fourth-order valence-electron chi connectivity index (χ4n) is 1.73. The standard InChI is InChI=1S/C13H20ClN3O/c1-3-17(4-2)13(18)7-8-16-12-6-5-10(14)9-11(12)15/h5-6,9,16H,3-4,7-8,15H2,1-2H3. The highest BCUT2D eigenvalue weighted by Gasteiger charge is 2.08. The molecule has 0 aliphatic carbocycles. The maximum absolute atomic E-state index is 11.8. The van der Waals surface area contributed by atoms with E-state index in [1.54, 1.807) is 12.1 Å². The summed E-state index contributed by atoms with van der Waals surface area (Å²) in [5.41, 5.74) is 7.22. The Morgan fingerprint density at radius 3 is 2.61 bits per heavy atom. The zero-order valence-corrected chi connectivity index (χ0v) is 11.6. The molecule has 0 radical (unpaired) electrons. The molecule has 0 aliphatic heterocycles. The largest absolute Gasteiger partial charge is 0.397 e. The van der Waals surface area contributed by atoms with Gasteiger partial charge in [-0.1, -0.05) is 11.6 Å². The topological polar surface area (TPSA) is 58.4 Å². The van der Waals surface area contributed by atoms with Crippen LogP contribution < -0.4 is 11.1 Å². The van der Waals surface area contributed by atoms with E-state index in [4.69, 9.17) is 17.3 Å². The molecule has 0 spiro atoms. The van der Waals surface area contributed by atoms with E-state index in [9.17, 15) is 4.79 Å². The molecule has 0 heterocycles. The smallest absolute Gasteiger partial charge is 0.224 e. The van der Waals surface area contributed by atoms with Crippen LogP contribution in [0.5, 0.6) is 0 Å². The van der Waals surface area contributed by atoms with Crippen molar-refractivity contribution in [1.82, 2.24) is 4.90 Å². The van der Waals surface area contributed by atoms with E-state index in [-0.39, 0.29) is 5.91 Å². The van der Waals surface area contributed by atoms with Gasteiger partial charge in [-0.15, -0.1) is 0 Å². The minimum absolute atomic E-state index is 0.153. The first-order valence-electron chi connectivity index (χ1n) is 6.15. The number of nitrogens with two attached hydrogens (primary N) is 1. The zero-order valence-electron chi connectivity index (χ0n) is 10.9. The summed E-state index contributed by atoms with van der Waals surface area (Å²) in [5, 5.41) is 3.75. The van der Waals surface area contributed by atoms with Crippen LogP contribution in [0.3, 0.4) is 0 Å². The third-order valence-electron chi connectivity index (χ3n) is 2.78. The molecular formula is C13H20ClN3O. The molecule has 0 unspecified atom stereocenters. The first kappa shape index (κ1) is 14.6. The summed E-state index contributed by atoms with van der Waals surface area (Å²) in [6.07, 6.45) is 0.462. The summed E-state index contributed by atoms with van der Waals surface area (Å²) < 4.78 is 0. The second kappa shape index (κ2) is 7.11. The lowest BCUT2D eigenvalue weighted by Crippen LogP contribution is -2.31. The number of anilines is 2. The van der Waals surface area contributed by atoms with Crippen LogP contribution in [0.15, 0.2) is 18.2 Å². The number of hydrogen-bond donors (Lipinski definition) is 2. The summed E-state index contributed by atoms with van der Waals surface area (Å²) in [4.78, 5) is 13.6. The van der Waals surface area contributed by atoms with Crippen molar-refractivity contribution in [3.8, 4) is 0 Å². The van der Waals surface area contributed by atoms with Gasteiger partial charge in [-0.05, 0) is 32.0 Å². The van der Waals surface area contributed by atoms with Gasteiger partial charge in [0, 0.05) is 31.1 Å². The average molecular weight is 270 g/mol. The highest BCUT2D eigenvalue weighted by molar-refractivity contribution is 6.31. The van der Waals surface area contributed by atoms with E-state index in [0.717, 1.165) is 18.8 Å². The summed E-state index contributed by atoms with van der Waals surface area (Å²) >= 11 is 5.81. The number of carbonyl (C=O) groups is 1. The predicted molar refractivity (Wildman–Crippen MR) is 76.9 cm³/mol. The Balaban J connectivity index is 2.44. The fourth-order valence-corrected chi connectivity index (χ4v) is 1.91. The molecule has 1 aromatic rings. The van der Waals surface area contributed by atoms with Crippen LogP contribution in [0, 0.1) is 0 Å². The van der Waals surface area contributed by atoms with E-state index >= 15 is 0 Å². The van der Waals surface area contributed by atoms with Crippen molar-refractivity contribution >= 4 is 28.9 Å². The van der Waals surface area contributed by atoms with Crippen molar-refractivity contribution in [1.29, 1.82) is 0 Å². The summed E-state index contributed by atoms with van der Waals surface area (Å²) in [6.45, 7) is 6.02. The van der Waals surface area contributed by atoms with Gasteiger partial charge in [-0.25, -0.2) is 0 Å². The van der Waals surface area contributed by atoms with Gasteiger partial charge >= 0.3 is 0 Å². The quantitative estimate of drug-likeness (QED) is 0.781. The van der Waals surface area contributed by atoms with Crippen molar-refractivity contribution in [2.75, 3.05) is 30.7 Å². The minimum atomic E-state index is 0.153. The highest BCUT2D eigenvalue weighted by Crippen LogP contribution is 2.22. The number of nitrogens with zero attached hydrogens (tertiary/aromatic N) is 1. The number of nitrogens with one attached hydrogen (secondary N) is 1. The van der Waals surface area contributed by atoms with Gasteiger partial charge in [0.05, 0.1) is 11.4 Å². The van der Waals surface area contributed by atoms with Crippen LogP contribution in [0.2, 0.25) is 5.02 Å². The maximum Gasteiger partial charge on any atom is 0.224 e. The second-order valence-electron chi connectivity index (χ2n) is 3.97. The fraction of sp³-hybridized carbons (Fsp3) is 0.462. The average Bonchev–Trinajstić information content (AvgIpc) is 2.33. The van der Waals surface area contributed by atoms with Crippen LogP contribution in [0.25, 0.3) is 0 Å². The zero-order chi connectivity index (χ0) is 13.5. The van der Waals surface area contributed by atoms with Crippen molar-refractivity contribution < 1.29 is 4.79 Å². The van der Waals surface area contributed by atoms with Gasteiger partial charge in [0.1, 0.15) is 0 Å². The normalized spacial score (nSPS) is 10.2. The number of hydrogen-bond acceptors (Lipinski definition) is 3. The van der Waals surface area contributed by atoms with Crippen molar-refractivity contribution in [3.05, 3.63) is 23.2 Å². The molecule has 0 saturated carbocycles. The summed E-state index contributed by atoms with van der Waals surface area (Å²) in [6, 6.07) is 5.28. The van der Waals surface area contributed by atoms with Gasteiger partial charge in [-0.3, -0.25) is 4.79 Å². The number of carbonyl (C=O) groups excluding carboxylic acids is 1. The van der Waals surface area contributed by atoms with E-state index in [0.29, 0.717) is 23.7 Å². The number of halogens is 1. The Bertz CT molecular complexity index is 405. The molecule has 0 bridgehead atoms. The molecule has 0 fully saturated rings. The lowest BCUT2D eigenvalue weighted by atomic mass is 10.2. The van der Waals surface area contributed by atoms with Crippen LogP contribution in [0.1, 0.15) is 20.3 Å². The Morgan fingerprint density at radius 1 is 1.39 bits per heavy atom. The molecule has 1 rings (SSSR count). The molecule has 5 heteroatoms. The number of nitrogen functional groups attached to an aromatic ring is 1. The van der Waals surface area contributed by atoms with Gasteiger partial charge < -0.3 is 16.0 Å². The highest BCUT2D eigenvalue weighted by atomic mass is 35.5. The molecule has 1 amide bonds. The Hall–Kier alpha value is -1.42. The van der Waals surface area contributed by atoms with Gasteiger partial charge in [0.25, 0.3) is 0 Å². The molecule has 0 aliphatic rings. The predicted octanol–water partition coefficient (Wildman–Crippen LogP) is 2.59. The van der Waals surface area contributed by atoms with Crippen molar-refractivity contribution in [3.63, 3.8) is 0 Å². The van der Waals surface area contributed by atoms with Crippen LogP contribution >= 0.6 is 11.6 Å². The second-order valence-corrected chi connectivity index (χ2v) is 4.41. The van der Waals surface area contributed by atoms with Crippen LogP contribution in [-0.2, 0) is 4.79 Å². The van der Waals surface area contributed by atoms with Crippen LogP contribution in [-0.4, -0.2) is 30.4 Å². The van der Waals surface area contributed by atoms with E-state index < -0.39 is 0 Å². The molecule has 1 aromatic carbocycles.